The van der Waals surface area contributed by atoms with Gasteiger partial charge in [-0.15, -0.1) is 0 Å². The highest BCUT2D eigenvalue weighted by atomic mass is 32.2. The monoisotopic (exact) mass is 410 g/mol. The third kappa shape index (κ3) is 5.39. The summed E-state index contributed by atoms with van der Waals surface area (Å²) in [5, 5.41) is 2.93. The lowest BCUT2D eigenvalue weighted by Crippen LogP contribution is -2.23. The number of carbonyl (C=O) groups is 1. The summed E-state index contributed by atoms with van der Waals surface area (Å²) in [5.74, 6) is 0.824. The van der Waals surface area contributed by atoms with E-state index in [-0.39, 0.29) is 11.5 Å². The Hall–Kier alpha value is -3.26. The molecule has 0 saturated heterocycles. The number of aromatic nitrogens is 2. The van der Waals surface area contributed by atoms with Crippen molar-refractivity contribution in [2.24, 2.45) is 0 Å². The van der Waals surface area contributed by atoms with Gasteiger partial charge in [0.05, 0.1) is 6.61 Å². The van der Waals surface area contributed by atoms with Gasteiger partial charge >= 0.3 is 0 Å². The zero-order valence-electron chi connectivity index (χ0n) is 16.2. The number of amides is 1. The topological polar surface area (TPSA) is 110 Å². The van der Waals surface area contributed by atoms with Crippen molar-refractivity contribution in [1.29, 1.82) is 0 Å². The molecule has 0 saturated carbocycles. The smallest absolute Gasteiger partial charge is 0.277 e. The predicted octanol–water partition coefficient (Wildman–Crippen LogP) is 3.60. The molecule has 150 valence electrons. The summed E-state index contributed by atoms with van der Waals surface area (Å²) < 4.78 is 5.35. The fourth-order valence-corrected chi connectivity index (χ4v) is 3.37. The number of H-pyrrole nitrogens is 1. The van der Waals surface area contributed by atoms with Crippen molar-refractivity contribution in [3.8, 4) is 5.75 Å². The number of aryl methyl sites for hydroxylation is 1. The van der Waals surface area contributed by atoms with Gasteiger partial charge < -0.3 is 15.8 Å². The molecule has 3 aromatic rings. The summed E-state index contributed by atoms with van der Waals surface area (Å²) in [5.41, 5.74) is 8.03. The molecule has 0 unspecified atom stereocenters. The number of benzene rings is 2. The summed E-state index contributed by atoms with van der Waals surface area (Å²) in [6.45, 7) is 4.44. The quantitative estimate of drug-likeness (QED) is 0.405. The molecule has 0 fully saturated rings. The molecule has 1 heterocycles. The first-order valence-electron chi connectivity index (χ1n) is 9.08. The van der Waals surface area contributed by atoms with E-state index in [1.807, 2.05) is 38.1 Å². The summed E-state index contributed by atoms with van der Waals surface area (Å²) in [6.07, 6.45) is 0. The molecule has 0 spiro atoms. The van der Waals surface area contributed by atoms with Gasteiger partial charge in [-0.05, 0) is 43.7 Å². The lowest BCUT2D eigenvalue weighted by Gasteiger charge is -2.09. The fraction of sp³-hybridized carbons (Fsp3) is 0.190. The zero-order valence-corrected chi connectivity index (χ0v) is 17.0. The minimum absolute atomic E-state index is 0.0283. The largest absolute Gasteiger partial charge is 0.494 e. The number of aromatic amines is 1. The minimum Gasteiger partial charge on any atom is -0.494 e. The van der Waals surface area contributed by atoms with Gasteiger partial charge in [-0.25, -0.2) is 4.98 Å². The van der Waals surface area contributed by atoms with Crippen LogP contribution in [0.4, 0.5) is 11.5 Å². The maximum absolute atomic E-state index is 12.4. The number of nitrogens with zero attached hydrogens (tertiary/aromatic N) is 1. The van der Waals surface area contributed by atoms with Gasteiger partial charge in [-0.1, -0.05) is 41.6 Å². The molecular weight excluding hydrogens is 388 g/mol. The van der Waals surface area contributed by atoms with Crippen LogP contribution in [-0.2, 0) is 5.75 Å². The number of nitrogen functional groups attached to an aromatic ring is 1. The zero-order chi connectivity index (χ0) is 20.8. The van der Waals surface area contributed by atoms with Gasteiger partial charge in [0.25, 0.3) is 11.5 Å². The Labute approximate surface area is 172 Å². The van der Waals surface area contributed by atoms with Gasteiger partial charge in [0.2, 0.25) is 0 Å². The first-order chi connectivity index (χ1) is 14.0. The molecule has 0 bridgehead atoms. The molecule has 2 aromatic carbocycles. The normalized spacial score (nSPS) is 10.6. The molecule has 4 N–H and O–H groups in total. The van der Waals surface area contributed by atoms with Crippen molar-refractivity contribution in [3.05, 3.63) is 75.6 Å². The van der Waals surface area contributed by atoms with Crippen LogP contribution in [-0.4, -0.2) is 22.5 Å². The van der Waals surface area contributed by atoms with Gasteiger partial charge in [-0.2, -0.15) is 0 Å². The molecule has 29 heavy (non-hydrogen) atoms. The number of nitrogens with two attached hydrogens (primary N) is 1. The van der Waals surface area contributed by atoms with Crippen molar-refractivity contribution in [2.75, 3.05) is 17.7 Å². The fourth-order valence-electron chi connectivity index (χ4n) is 2.55. The molecule has 1 aromatic heterocycles. The number of ether oxygens (including phenoxy) is 1. The van der Waals surface area contributed by atoms with E-state index in [0.717, 1.165) is 5.56 Å². The molecule has 3 rings (SSSR count). The van der Waals surface area contributed by atoms with Crippen LogP contribution in [0.25, 0.3) is 0 Å². The Morgan fingerprint density at radius 3 is 2.48 bits per heavy atom. The second-order valence-corrected chi connectivity index (χ2v) is 7.28. The third-order valence-corrected chi connectivity index (χ3v) is 5.03. The number of thioether (sulfide) groups is 1. The van der Waals surface area contributed by atoms with Crippen LogP contribution in [0.3, 0.4) is 0 Å². The van der Waals surface area contributed by atoms with Gasteiger partial charge in [0.15, 0.2) is 11.0 Å². The van der Waals surface area contributed by atoms with Crippen LogP contribution in [0.5, 0.6) is 5.75 Å². The van der Waals surface area contributed by atoms with Crippen molar-refractivity contribution in [2.45, 2.75) is 24.8 Å². The van der Waals surface area contributed by atoms with Crippen molar-refractivity contribution < 1.29 is 9.53 Å². The molecule has 1 amide bonds. The molecule has 0 atom stereocenters. The van der Waals surface area contributed by atoms with Crippen LogP contribution in [0.2, 0.25) is 0 Å². The van der Waals surface area contributed by atoms with E-state index in [9.17, 15) is 9.59 Å². The van der Waals surface area contributed by atoms with E-state index < -0.39 is 11.5 Å². The van der Waals surface area contributed by atoms with E-state index in [1.54, 1.807) is 24.3 Å². The Morgan fingerprint density at radius 1 is 1.17 bits per heavy atom. The first kappa shape index (κ1) is 20.5. The molecule has 0 aliphatic rings. The molecular formula is C21H22N4O3S. The standard InChI is InChI=1S/C21H22N4O3S/c1-3-28-16-10-8-15(9-11-16)19(26)23-17-18(22)24-21(25-20(17)27)29-12-14-6-4-13(2)5-7-14/h4-11H,3,12H2,1-2H3,(H,23,26)(H3,22,24,25,27). The van der Waals surface area contributed by atoms with Crippen LogP contribution >= 0.6 is 11.8 Å². The SMILES string of the molecule is CCOc1ccc(C(=O)Nc2c(N)nc(SCc3ccc(C)cc3)[nH]c2=O)cc1. The molecule has 0 aliphatic carbocycles. The number of hydrogen-bond acceptors (Lipinski definition) is 6. The van der Waals surface area contributed by atoms with E-state index >= 15 is 0 Å². The van der Waals surface area contributed by atoms with Gasteiger partial charge in [0.1, 0.15) is 11.4 Å². The average Bonchev–Trinajstić information content (AvgIpc) is 2.71. The first-order valence-corrected chi connectivity index (χ1v) is 10.1. The second kappa shape index (κ2) is 9.29. The van der Waals surface area contributed by atoms with Gasteiger partial charge in [-0.3, -0.25) is 14.6 Å². The van der Waals surface area contributed by atoms with Gasteiger partial charge in [0, 0.05) is 11.3 Å². The summed E-state index contributed by atoms with van der Waals surface area (Å²) in [6, 6.07) is 14.7. The number of rotatable bonds is 7. The van der Waals surface area contributed by atoms with Crippen molar-refractivity contribution in [1.82, 2.24) is 9.97 Å². The molecule has 0 radical (unpaired) electrons. The third-order valence-electron chi connectivity index (χ3n) is 4.09. The van der Waals surface area contributed by atoms with Crippen LogP contribution in [0.15, 0.2) is 58.5 Å². The maximum atomic E-state index is 12.4. The van der Waals surface area contributed by atoms with Crippen LogP contribution in [0.1, 0.15) is 28.4 Å². The predicted molar refractivity (Wildman–Crippen MR) is 116 cm³/mol. The number of anilines is 2. The Balaban J connectivity index is 1.69. The summed E-state index contributed by atoms with van der Waals surface area (Å²) in [4.78, 5) is 31.7. The summed E-state index contributed by atoms with van der Waals surface area (Å²) in [7, 11) is 0. The number of nitrogens with one attached hydrogen (secondary N) is 2. The number of carbonyl (C=O) groups excluding carboxylic acids is 1. The Morgan fingerprint density at radius 2 is 1.86 bits per heavy atom. The minimum atomic E-state index is -0.497. The summed E-state index contributed by atoms with van der Waals surface area (Å²) >= 11 is 1.36. The van der Waals surface area contributed by atoms with E-state index in [4.69, 9.17) is 10.5 Å². The highest BCUT2D eigenvalue weighted by molar-refractivity contribution is 7.98. The van der Waals surface area contributed by atoms with Crippen molar-refractivity contribution in [3.63, 3.8) is 0 Å². The maximum Gasteiger partial charge on any atom is 0.277 e. The highest BCUT2D eigenvalue weighted by Crippen LogP contribution is 2.21. The van der Waals surface area contributed by atoms with E-state index in [0.29, 0.717) is 28.8 Å². The number of hydrogen-bond donors (Lipinski definition) is 3. The Kier molecular flexibility index (Phi) is 6.56. The second-order valence-electron chi connectivity index (χ2n) is 6.32. The van der Waals surface area contributed by atoms with E-state index in [1.165, 1.54) is 17.3 Å². The lowest BCUT2D eigenvalue weighted by atomic mass is 10.2. The van der Waals surface area contributed by atoms with Crippen LogP contribution < -0.4 is 21.3 Å². The lowest BCUT2D eigenvalue weighted by molar-refractivity contribution is 0.102. The van der Waals surface area contributed by atoms with E-state index in [2.05, 4.69) is 15.3 Å². The Bertz CT molecular complexity index is 1050. The highest BCUT2D eigenvalue weighted by Gasteiger charge is 2.14. The van der Waals surface area contributed by atoms with Crippen molar-refractivity contribution >= 4 is 29.2 Å². The average molecular weight is 410 g/mol. The molecule has 7 nitrogen and oxygen atoms in total. The molecule has 0 aliphatic heterocycles. The van der Waals surface area contributed by atoms with Crippen LogP contribution in [0, 0.1) is 6.92 Å². The molecule has 8 heteroatoms.